The van der Waals surface area contributed by atoms with E-state index in [0.29, 0.717) is 34.1 Å². The molecule has 1 saturated heterocycles. The fourth-order valence-corrected chi connectivity index (χ4v) is 11.6. The fourth-order valence-electron chi connectivity index (χ4n) is 11.2. The number of amides is 11. The minimum Gasteiger partial charge on any atom is -0.508 e. The monoisotopic (exact) mass is 1510 g/mol. The number of para-hydroxylation sites is 1. The Kier molecular flexibility index (Phi) is 33.9. The molecule has 11 amide bonds. The number of nitrogens with one attached hydrogen (secondary N) is 12. The van der Waals surface area contributed by atoms with Crippen molar-refractivity contribution in [1.82, 2.24) is 73.0 Å². The van der Waals surface area contributed by atoms with E-state index < -0.39 is 205 Å². The fraction of sp³-hybridized carbons (Fsp3) is 0.515. The van der Waals surface area contributed by atoms with Crippen molar-refractivity contribution in [1.29, 1.82) is 0 Å². The van der Waals surface area contributed by atoms with E-state index in [1.807, 2.05) is 0 Å². The van der Waals surface area contributed by atoms with E-state index in [2.05, 4.69) is 93.4 Å². The van der Waals surface area contributed by atoms with Gasteiger partial charge in [0, 0.05) is 79.1 Å². The van der Waals surface area contributed by atoms with Crippen LogP contribution in [-0.4, -0.2) is 243 Å². The zero-order valence-electron chi connectivity index (χ0n) is 57.7. The van der Waals surface area contributed by atoms with Crippen molar-refractivity contribution in [3.63, 3.8) is 0 Å². The average molecular weight is 1510 g/mol. The minimum absolute atomic E-state index is 0.0178. The number of phenols is 1. The molecule has 0 bridgehead atoms. The molecule has 0 spiro atoms. The summed E-state index contributed by atoms with van der Waals surface area (Å²) in [5.41, 5.74) is 13.2. The number of carboxylic acids is 4. The molecule has 2 aromatic heterocycles. The summed E-state index contributed by atoms with van der Waals surface area (Å²) in [6, 6.07) is -7.03. The van der Waals surface area contributed by atoms with Gasteiger partial charge in [0.1, 0.15) is 72.2 Å². The van der Waals surface area contributed by atoms with Crippen LogP contribution in [0.2, 0.25) is 0 Å². The number of aliphatic carboxylic acids is 4. The SMILES string of the molecule is CC(C)[C@H](NC(=O)[C@H](CCC(=O)O)NC(=O)[C@@H](NC(=O)[C@H](Cc1c[nH]c2ccccc12)NC(=O)[C@H](Cc1ccc(O)cc1)NC(=O)[C@@H]1CCCN1C(=O)[C@H](Cc1cnc[nH]1)NC(=O)[C@H](CCC(=O)O)NC(=O)[C@@H](N)CS)[C@@H](C)O)C(=O)N[C@@H](CC(=O)O)C(=O)N[C@@H](CCCCN)C(=O)N[C@@H](CS)C(=O)O. The summed E-state index contributed by atoms with van der Waals surface area (Å²) in [6.45, 7) is 4.04. The van der Waals surface area contributed by atoms with Crippen LogP contribution in [-0.2, 0) is 91.2 Å². The number of carbonyl (C=O) groups is 15. The smallest absolute Gasteiger partial charge is 0.327 e. The molecule has 0 radical (unpaired) electrons. The number of benzene rings is 2. The number of carboxylic acid groups (broad SMARTS) is 4. The Morgan fingerprint density at radius 2 is 1.10 bits per heavy atom. The maximum absolute atomic E-state index is 15.1. The van der Waals surface area contributed by atoms with Gasteiger partial charge in [0.15, 0.2) is 0 Å². The Balaban J connectivity index is 1.43. The third kappa shape index (κ3) is 26.7. The number of thiol groups is 2. The van der Waals surface area contributed by atoms with Crippen LogP contribution in [0.15, 0.2) is 67.3 Å². The molecular weight excluding hydrogens is 1420 g/mol. The second-order valence-electron chi connectivity index (χ2n) is 25.4. The third-order valence-electron chi connectivity index (χ3n) is 17.0. The number of phenolic OH excluding ortho intramolecular Hbond substituents is 1. The van der Waals surface area contributed by atoms with E-state index in [1.54, 1.807) is 24.3 Å². The highest BCUT2D eigenvalue weighted by atomic mass is 32.1. The van der Waals surface area contributed by atoms with Gasteiger partial charge in [0.2, 0.25) is 65.0 Å². The van der Waals surface area contributed by atoms with E-state index in [1.165, 1.54) is 61.7 Å². The molecule has 0 saturated carbocycles. The highest BCUT2D eigenvalue weighted by Gasteiger charge is 2.42. The summed E-state index contributed by atoms with van der Waals surface area (Å²) >= 11 is 7.96. The van der Waals surface area contributed by atoms with E-state index in [-0.39, 0.29) is 75.3 Å². The number of aromatic nitrogens is 3. The van der Waals surface area contributed by atoms with E-state index in [0.717, 1.165) is 6.92 Å². The number of aliphatic hydroxyl groups is 1. The zero-order chi connectivity index (χ0) is 77.8. The number of aromatic hydroxyl groups is 1. The molecule has 0 unspecified atom stereocenters. The predicted octanol–water partition coefficient (Wildman–Crippen LogP) is -3.89. The standard InChI is InChI=1S/C66H92N16O21S2/c1-32(2)53(63(99)77-46(26-52(89)90)60(96)73-41(11-6-7-21-67)56(92)79-48(30-105)66(102)103)80-58(94)43(18-20-51(87)88)74-64(100)54(33(3)83)81-61(97)45(24-35-27-70-40-10-5-4-9-38(35)40)75-59(95)44(23-34-13-15-37(84)16-14-34)76-62(98)49-12-8-22-82(49)65(101)47(25-36-28-69-31-71-36)78-57(93)42(17-19-50(85)86)72-55(91)39(68)29-104/h4-5,9-10,13-16,27-28,31-33,39,41-49,53-54,70,83-84,104-105H,6-8,11-12,17-26,29-30,67-68H2,1-3H3,(H,69,71)(H,72,91)(H,73,96)(H,74,100)(H,75,95)(H,76,98)(H,77,99)(H,78,93)(H,79,92)(H,80,94)(H,81,97)(H,85,86)(H,87,88)(H,89,90)(H,102,103)/t33-,39+,41+,42+,43+,44+,45+,46+,47+,48+,49+,53+,54+/m1/s1. The van der Waals surface area contributed by atoms with Crippen LogP contribution in [0.25, 0.3) is 10.9 Å². The molecule has 1 fully saturated rings. The number of hydrogen-bond donors (Lipinski definition) is 22. The number of likely N-dealkylation sites (tertiary alicyclic amines) is 1. The van der Waals surface area contributed by atoms with Crippen molar-refractivity contribution in [2.45, 2.75) is 183 Å². The number of rotatable bonds is 44. The molecule has 574 valence electrons. The zero-order valence-corrected chi connectivity index (χ0v) is 59.5. The predicted molar refractivity (Wildman–Crippen MR) is 379 cm³/mol. The van der Waals surface area contributed by atoms with Crippen LogP contribution in [0, 0.1) is 5.92 Å². The van der Waals surface area contributed by atoms with Crippen molar-refractivity contribution in [3.05, 3.63) is 84.1 Å². The Morgan fingerprint density at radius 1 is 0.571 bits per heavy atom. The molecule has 0 aliphatic carbocycles. The molecule has 13 atom stereocenters. The number of hydrogen-bond acceptors (Lipinski definition) is 22. The first-order valence-electron chi connectivity index (χ1n) is 33.6. The van der Waals surface area contributed by atoms with Crippen LogP contribution in [0.5, 0.6) is 5.75 Å². The summed E-state index contributed by atoms with van der Waals surface area (Å²) in [5, 5.41) is 84.9. The normalized spacial score (nSPS) is 16.1. The minimum atomic E-state index is -2.03. The van der Waals surface area contributed by atoms with Gasteiger partial charge in [-0.05, 0) is 93.7 Å². The molecule has 3 heterocycles. The molecule has 1 aliphatic rings. The molecular formula is C66H92N16O21S2. The Hall–Kier alpha value is -10.4. The number of carbonyl (C=O) groups excluding carboxylic acids is 11. The van der Waals surface area contributed by atoms with Crippen LogP contribution in [0.1, 0.15) is 102 Å². The second-order valence-corrected chi connectivity index (χ2v) is 26.1. The maximum Gasteiger partial charge on any atom is 0.327 e. The van der Waals surface area contributed by atoms with Gasteiger partial charge < -0.3 is 110 Å². The van der Waals surface area contributed by atoms with Crippen molar-refractivity contribution in [2.75, 3.05) is 24.6 Å². The number of unbranched alkanes of at least 4 members (excludes halogenated alkanes) is 1. The summed E-state index contributed by atoms with van der Waals surface area (Å²) < 4.78 is 0. The van der Waals surface area contributed by atoms with Gasteiger partial charge in [-0.3, -0.25) is 67.1 Å². The number of nitrogens with zero attached hydrogens (tertiary/aromatic N) is 2. The van der Waals surface area contributed by atoms with E-state index in [9.17, 15) is 97.8 Å². The average Bonchev–Trinajstić information content (AvgIpc) is 1.61. The lowest BCUT2D eigenvalue weighted by Crippen LogP contribution is -2.63. The lowest BCUT2D eigenvalue weighted by atomic mass is 10.00. The van der Waals surface area contributed by atoms with Crippen molar-refractivity contribution in [3.8, 4) is 5.75 Å². The lowest BCUT2D eigenvalue weighted by Gasteiger charge is -2.31. The molecule has 4 aromatic rings. The van der Waals surface area contributed by atoms with Gasteiger partial charge in [0.25, 0.3) is 0 Å². The highest BCUT2D eigenvalue weighted by Crippen LogP contribution is 2.23. The molecule has 22 N–H and O–H groups in total. The number of aliphatic hydroxyl groups excluding tert-OH is 1. The number of H-pyrrole nitrogens is 2. The van der Waals surface area contributed by atoms with Crippen LogP contribution in [0.3, 0.4) is 0 Å². The van der Waals surface area contributed by atoms with Crippen molar-refractivity contribution < 1.29 is 103 Å². The van der Waals surface area contributed by atoms with E-state index >= 15 is 4.79 Å². The topological polar surface area (TPSA) is 597 Å². The van der Waals surface area contributed by atoms with Crippen molar-refractivity contribution >= 4 is 125 Å². The highest BCUT2D eigenvalue weighted by molar-refractivity contribution is 7.80. The lowest BCUT2D eigenvalue weighted by molar-refractivity contribution is -0.143. The summed E-state index contributed by atoms with van der Waals surface area (Å²) in [7, 11) is 0. The molecule has 37 nitrogen and oxygen atoms in total. The first kappa shape index (κ1) is 85.3. The quantitative estimate of drug-likeness (QED) is 0.0149. The Labute approximate surface area is 612 Å². The summed E-state index contributed by atoms with van der Waals surface area (Å²) in [4.78, 5) is 215. The summed E-state index contributed by atoms with van der Waals surface area (Å²) in [6.07, 6.45) is -1.43. The van der Waals surface area contributed by atoms with Crippen LogP contribution < -0.4 is 64.6 Å². The van der Waals surface area contributed by atoms with Gasteiger partial charge in [-0.25, -0.2) is 9.78 Å². The Bertz CT molecular complexity index is 3710. The van der Waals surface area contributed by atoms with Gasteiger partial charge >= 0.3 is 23.9 Å². The van der Waals surface area contributed by atoms with Crippen molar-refractivity contribution in [2.24, 2.45) is 17.4 Å². The number of imidazole rings is 1. The van der Waals surface area contributed by atoms with E-state index in [4.69, 9.17) is 11.5 Å². The molecule has 105 heavy (non-hydrogen) atoms. The number of fused-ring (bicyclic) bond motifs is 1. The van der Waals surface area contributed by atoms with Crippen LogP contribution >= 0.6 is 25.3 Å². The molecule has 1 aliphatic heterocycles. The van der Waals surface area contributed by atoms with Gasteiger partial charge in [-0.2, -0.15) is 25.3 Å². The second kappa shape index (κ2) is 41.8. The number of nitrogens with two attached hydrogens (primary N) is 2. The molecule has 2 aromatic carbocycles. The largest absolute Gasteiger partial charge is 0.508 e. The van der Waals surface area contributed by atoms with Crippen LogP contribution in [0.4, 0.5) is 0 Å². The maximum atomic E-state index is 15.1. The van der Waals surface area contributed by atoms with Gasteiger partial charge in [-0.1, -0.05) is 44.2 Å². The van der Waals surface area contributed by atoms with Gasteiger partial charge in [-0.15, -0.1) is 0 Å². The first-order chi connectivity index (χ1) is 49.7. The first-order valence-corrected chi connectivity index (χ1v) is 34.9. The van der Waals surface area contributed by atoms with Gasteiger partial charge in [0.05, 0.1) is 24.9 Å². The number of aromatic amines is 2. The molecule has 5 rings (SSSR count). The summed E-state index contributed by atoms with van der Waals surface area (Å²) in [5.74, 6) is -19.0. The Morgan fingerprint density at radius 3 is 1.67 bits per heavy atom. The third-order valence-corrected chi connectivity index (χ3v) is 17.7. The molecule has 39 heteroatoms.